The van der Waals surface area contributed by atoms with E-state index >= 15 is 0 Å². The number of piperidine rings is 1. The number of anilines is 2. The maximum Gasteiger partial charge on any atom is 0.490 e. The second-order valence-corrected chi connectivity index (χ2v) is 10.1. The Labute approximate surface area is 212 Å². The molecule has 2 fully saturated rings. The van der Waals surface area contributed by atoms with E-state index in [1.165, 1.54) is 25.0 Å². The summed E-state index contributed by atoms with van der Waals surface area (Å²) < 4.78 is 71.3. The van der Waals surface area contributed by atoms with Crippen molar-refractivity contribution < 1.29 is 36.2 Å². The second-order valence-electron chi connectivity index (χ2n) is 9.06. The number of carboxylic acid groups (broad SMARTS) is 1. The van der Waals surface area contributed by atoms with Gasteiger partial charge < -0.3 is 21.5 Å². The van der Waals surface area contributed by atoms with E-state index in [0.717, 1.165) is 43.9 Å². The van der Waals surface area contributed by atoms with Gasteiger partial charge in [-0.3, -0.25) is 4.98 Å². The Kier molecular flexibility index (Phi) is 8.47. The Balaban J connectivity index is 0.000000479. The van der Waals surface area contributed by atoms with Gasteiger partial charge in [0.1, 0.15) is 10.8 Å². The van der Waals surface area contributed by atoms with Crippen LogP contribution in [0, 0.1) is 11.3 Å². The third-order valence-corrected chi connectivity index (χ3v) is 7.80. The lowest BCUT2D eigenvalue weighted by molar-refractivity contribution is -0.192. The third kappa shape index (κ3) is 6.74. The molecular formula is C22H26F6N6O2S. The molecule has 5 N–H and O–H groups in total. The van der Waals surface area contributed by atoms with Gasteiger partial charge in [0.05, 0.1) is 6.20 Å². The molecule has 4 rings (SSSR count). The molecule has 3 heterocycles. The molecule has 1 aliphatic carbocycles. The number of nitrogen functional groups attached to an aromatic ring is 1. The summed E-state index contributed by atoms with van der Waals surface area (Å²) in [5.74, 6) is -1.45. The number of hydrogen-bond donors (Lipinski definition) is 3. The van der Waals surface area contributed by atoms with Crippen LogP contribution in [-0.4, -0.2) is 51.3 Å². The number of aliphatic carboxylic acids is 1. The fourth-order valence-electron chi connectivity index (χ4n) is 4.63. The molecule has 1 spiro atoms. The number of nitrogens with zero attached hydrogens (tertiary/aromatic N) is 4. The average Bonchev–Trinajstić information content (AvgIpc) is 3.09. The zero-order chi connectivity index (χ0) is 27.6. The van der Waals surface area contributed by atoms with Gasteiger partial charge in [-0.25, -0.2) is 14.8 Å². The minimum Gasteiger partial charge on any atom is -0.475 e. The molecule has 1 saturated carbocycles. The lowest BCUT2D eigenvalue weighted by Crippen LogP contribution is -2.48. The second kappa shape index (κ2) is 10.9. The summed E-state index contributed by atoms with van der Waals surface area (Å²) in [7, 11) is 0. The molecule has 8 nitrogen and oxygen atoms in total. The van der Waals surface area contributed by atoms with Crippen LogP contribution in [-0.2, 0) is 11.0 Å². The lowest BCUT2D eigenvalue weighted by atomic mass is 9.73. The van der Waals surface area contributed by atoms with E-state index in [1.54, 1.807) is 6.20 Å². The van der Waals surface area contributed by atoms with Gasteiger partial charge in [0.15, 0.2) is 11.5 Å². The number of pyridine rings is 1. The van der Waals surface area contributed by atoms with Gasteiger partial charge >= 0.3 is 18.3 Å². The summed E-state index contributed by atoms with van der Waals surface area (Å²) in [6.07, 6.45) is -2.59. The van der Waals surface area contributed by atoms with Gasteiger partial charge in [-0.05, 0) is 49.1 Å². The molecule has 1 saturated heterocycles. The van der Waals surface area contributed by atoms with Gasteiger partial charge in [-0.1, -0.05) is 18.7 Å². The Hall–Kier alpha value is -2.81. The highest BCUT2D eigenvalue weighted by Crippen LogP contribution is 2.48. The zero-order valence-electron chi connectivity index (χ0n) is 19.7. The molecule has 0 aromatic carbocycles. The van der Waals surface area contributed by atoms with E-state index in [1.807, 2.05) is 0 Å². The van der Waals surface area contributed by atoms with Crippen LogP contribution in [0.1, 0.15) is 38.3 Å². The van der Waals surface area contributed by atoms with Gasteiger partial charge in [0.25, 0.3) is 0 Å². The predicted molar refractivity (Wildman–Crippen MR) is 124 cm³/mol. The van der Waals surface area contributed by atoms with Crippen molar-refractivity contribution in [3.63, 3.8) is 0 Å². The highest BCUT2D eigenvalue weighted by atomic mass is 32.2. The van der Waals surface area contributed by atoms with Crippen molar-refractivity contribution in [1.29, 1.82) is 0 Å². The van der Waals surface area contributed by atoms with E-state index in [2.05, 4.69) is 26.8 Å². The molecular weight excluding hydrogens is 526 g/mol. The standard InChI is InChI=1S/C20H25F3N6S.C2HF3O2/c1-12-4-5-19(15(12)24)6-9-29(10-7-19)14-11-27-18(17(25)28-14)30-13-3-2-8-26-16(13)20(21,22)23;3-2(4,5)1(6)7/h2-3,8,11-12,15H,4-7,9-10,24H2,1H3,(H2,25,28);(H,6,7). The molecule has 204 valence electrons. The first-order valence-electron chi connectivity index (χ1n) is 11.3. The number of hydrogen-bond acceptors (Lipinski definition) is 8. The van der Waals surface area contributed by atoms with Crippen LogP contribution in [0.15, 0.2) is 34.4 Å². The number of carboxylic acids is 1. The molecule has 1 aliphatic heterocycles. The molecule has 15 heteroatoms. The highest BCUT2D eigenvalue weighted by molar-refractivity contribution is 7.99. The van der Waals surface area contributed by atoms with Crippen LogP contribution in [0.3, 0.4) is 0 Å². The number of nitrogens with two attached hydrogens (primary N) is 2. The quantitative estimate of drug-likeness (QED) is 0.468. The molecule has 37 heavy (non-hydrogen) atoms. The largest absolute Gasteiger partial charge is 0.490 e. The predicted octanol–water partition coefficient (Wildman–Crippen LogP) is 4.60. The molecule has 2 atom stereocenters. The molecule has 0 amide bonds. The minimum atomic E-state index is -5.08. The van der Waals surface area contributed by atoms with Crippen molar-refractivity contribution >= 4 is 29.4 Å². The van der Waals surface area contributed by atoms with Gasteiger partial charge in [0, 0.05) is 30.2 Å². The summed E-state index contributed by atoms with van der Waals surface area (Å²) in [6, 6.07) is 3.04. The molecule has 0 bridgehead atoms. The Bertz CT molecular complexity index is 1110. The first-order valence-corrected chi connectivity index (χ1v) is 12.1. The van der Waals surface area contributed by atoms with Crippen LogP contribution in [0.4, 0.5) is 38.0 Å². The van der Waals surface area contributed by atoms with Crippen LogP contribution < -0.4 is 16.4 Å². The van der Waals surface area contributed by atoms with E-state index in [0.29, 0.717) is 11.7 Å². The molecule has 2 aromatic heterocycles. The molecule has 0 radical (unpaired) electrons. The fraction of sp³-hybridized carbons (Fsp3) is 0.545. The summed E-state index contributed by atoms with van der Waals surface area (Å²) >= 11 is 0.823. The monoisotopic (exact) mass is 552 g/mol. The van der Waals surface area contributed by atoms with Crippen molar-refractivity contribution in [3.05, 3.63) is 30.2 Å². The third-order valence-electron chi connectivity index (χ3n) is 6.74. The fourth-order valence-corrected chi connectivity index (χ4v) is 5.51. The van der Waals surface area contributed by atoms with Crippen molar-refractivity contribution in [2.45, 2.75) is 60.9 Å². The number of aromatic nitrogens is 3. The summed E-state index contributed by atoms with van der Waals surface area (Å²) in [5, 5.41) is 7.36. The zero-order valence-corrected chi connectivity index (χ0v) is 20.5. The molecule has 2 aromatic rings. The van der Waals surface area contributed by atoms with Crippen molar-refractivity contribution in [1.82, 2.24) is 15.0 Å². The van der Waals surface area contributed by atoms with E-state index in [-0.39, 0.29) is 27.2 Å². The van der Waals surface area contributed by atoms with Gasteiger partial charge in [-0.2, -0.15) is 26.3 Å². The maximum atomic E-state index is 13.2. The maximum absolute atomic E-state index is 13.2. The van der Waals surface area contributed by atoms with Crippen LogP contribution in [0.5, 0.6) is 0 Å². The number of carbonyl (C=O) groups is 1. The minimum absolute atomic E-state index is 0.0528. The first kappa shape index (κ1) is 28.8. The summed E-state index contributed by atoms with van der Waals surface area (Å²) in [6.45, 7) is 3.87. The topological polar surface area (TPSA) is 131 Å². The van der Waals surface area contributed by atoms with Crippen LogP contribution in [0.2, 0.25) is 0 Å². The van der Waals surface area contributed by atoms with Crippen molar-refractivity contribution in [2.75, 3.05) is 23.7 Å². The smallest absolute Gasteiger partial charge is 0.475 e. The Morgan fingerprint density at radius 2 is 1.78 bits per heavy atom. The van der Waals surface area contributed by atoms with Crippen LogP contribution >= 0.6 is 11.8 Å². The summed E-state index contributed by atoms with van der Waals surface area (Å²) in [5.41, 5.74) is 11.8. The Morgan fingerprint density at radius 1 is 1.16 bits per heavy atom. The number of rotatable bonds is 3. The van der Waals surface area contributed by atoms with E-state index in [4.69, 9.17) is 21.4 Å². The number of alkyl halides is 6. The van der Waals surface area contributed by atoms with Crippen molar-refractivity contribution in [2.24, 2.45) is 17.1 Å². The van der Waals surface area contributed by atoms with E-state index in [9.17, 15) is 26.3 Å². The molecule has 2 unspecified atom stereocenters. The summed E-state index contributed by atoms with van der Waals surface area (Å²) in [4.78, 5) is 23.2. The van der Waals surface area contributed by atoms with Gasteiger partial charge in [-0.15, -0.1) is 0 Å². The van der Waals surface area contributed by atoms with E-state index < -0.39 is 24.0 Å². The highest BCUT2D eigenvalue weighted by Gasteiger charge is 2.46. The Morgan fingerprint density at radius 3 is 2.27 bits per heavy atom. The first-order chi connectivity index (χ1) is 17.1. The lowest BCUT2D eigenvalue weighted by Gasteiger charge is -2.43. The normalized spacial score (nSPS) is 21.5. The SMILES string of the molecule is CC1CCC2(CCN(c3cnc(Sc4cccnc4C(F)(F)F)c(N)n3)CC2)C1N.O=C(O)C(F)(F)F. The molecule has 2 aliphatic rings. The average molecular weight is 553 g/mol. The van der Waals surface area contributed by atoms with Crippen LogP contribution in [0.25, 0.3) is 0 Å². The van der Waals surface area contributed by atoms with Crippen molar-refractivity contribution in [3.8, 4) is 0 Å². The van der Waals surface area contributed by atoms with Gasteiger partial charge in [0.2, 0.25) is 0 Å². The number of halogens is 6.